The van der Waals surface area contributed by atoms with Gasteiger partial charge in [-0.3, -0.25) is 4.79 Å². The summed E-state index contributed by atoms with van der Waals surface area (Å²) in [5, 5.41) is 27.0. The summed E-state index contributed by atoms with van der Waals surface area (Å²) in [6, 6.07) is 11.0. The lowest BCUT2D eigenvalue weighted by Crippen LogP contribution is -2.45. The van der Waals surface area contributed by atoms with Gasteiger partial charge in [0.15, 0.2) is 5.82 Å². The van der Waals surface area contributed by atoms with Crippen molar-refractivity contribution in [3.63, 3.8) is 0 Å². The van der Waals surface area contributed by atoms with Crippen LogP contribution >= 0.6 is 0 Å². The van der Waals surface area contributed by atoms with Crippen molar-refractivity contribution in [2.75, 3.05) is 18.0 Å². The largest absolute Gasteiger partial charge is 0.507 e. The van der Waals surface area contributed by atoms with Gasteiger partial charge >= 0.3 is 0 Å². The van der Waals surface area contributed by atoms with Crippen LogP contribution in [0.2, 0.25) is 0 Å². The molecule has 1 aliphatic rings. The molecule has 1 aliphatic heterocycles. The van der Waals surface area contributed by atoms with E-state index in [0.717, 1.165) is 25.3 Å². The summed E-state index contributed by atoms with van der Waals surface area (Å²) < 4.78 is 1.26. The summed E-state index contributed by atoms with van der Waals surface area (Å²) in [5.74, 6) is 0.917. The van der Waals surface area contributed by atoms with Crippen molar-refractivity contribution >= 4 is 5.82 Å². The van der Waals surface area contributed by atoms with Crippen LogP contribution in [-0.2, 0) is 7.05 Å². The molecule has 0 aliphatic carbocycles. The van der Waals surface area contributed by atoms with Gasteiger partial charge in [0.1, 0.15) is 5.75 Å². The summed E-state index contributed by atoms with van der Waals surface area (Å²) in [6.45, 7) is 8.36. The molecule has 0 saturated carbocycles. The standard InChI is InChI=1S/C23H28N6O2/c1-23(2,3)25-17-9-10-29(14-17)21-8-7-19(26-27-21)18-6-5-15(11-20(18)30)16-12-22(31)28(4)24-13-16/h5-8,11-13,17,25,30H,9-10,14H2,1-4H3/t17-/m0/s1. The van der Waals surface area contributed by atoms with Gasteiger partial charge in [0, 0.05) is 48.9 Å². The van der Waals surface area contributed by atoms with Crippen LogP contribution < -0.4 is 15.8 Å². The van der Waals surface area contributed by atoms with E-state index in [-0.39, 0.29) is 16.8 Å². The van der Waals surface area contributed by atoms with Crippen LogP contribution in [0, 0.1) is 0 Å². The third-order valence-electron chi connectivity index (χ3n) is 5.37. The van der Waals surface area contributed by atoms with Crippen LogP contribution in [0.3, 0.4) is 0 Å². The third kappa shape index (κ3) is 4.74. The predicted molar refractivity (Wildman–Crippen MR) is 121 cm³/mol. The molecule has 2 N–H and O–H groups in total. The summed E-state index contributed by atoms with van der Waals surface area (Å²) in [5.41, 5.74) is 2.43. The molecule has 4 rings (SSSR count). The molecule has 3 aromatic rings. The van der Waals surface area contributed by atoms with Crippen molar-refractivity contribution < 1.29 is 5.11 Å². The number of aryl methyl sites for hydroxylation is 1. The second-order valence-electron chi connectivity index (χ2n) is 9.04. The van der Waals surface area contributed by atoms with Crippen LogP contribution in [-0.4, -0.2) is 49.8 Å². The summed E-state index contributed by atoms with van der Waals surface area (Å²) in [4.78, 5) is 14.1. The number of hydrogen-bond donors (Lipinski definition) is 2. The number of phenolic OH excluding ortho intramolecular Hbond substituents is 1. The van der Waals surface area contributed by atoms with Gasteiger partial charge in [0.25, 0.3) is 5.56 Å². The monoisotopic (exact) mass is 420 g/mol. The Bertz CT molecular complexity index is 1130. The minimum atomic E-state index is -0.204. The molecule has 0 radical (unpaired) electrons. The maximum absolute atomic E-state index is 11.8. The first-order chi connectivity index (χ1) is 14.7. The minimum Gasteiger partial charge on any atom is -0.507 e. The maximum Gasteiger partial charge on any atom is 0.267 e. The van der Waals surface area contributed by atoms with Crippen molar-refractivity contribution in [1.29, 1.82) is 0 Å². The van der Waals surface area contributed by atoms with Crippen LogP contribution in [0.4, 0.5) is 5.82 Å². The van der Waals surface area contributed by atoms with E-state index in [9.17, 15) is 9.90 Å². The highest BCUT2D eigenvalue weighted by Gasteiger charge is 2.26. The molecule has 2 aromatic heterocycles. The molecule has 0 bridgehead atoms. The molecule has 162 valence electrons. The van der Waals surface area contributed by atoms with Crippen molar-refractivity contribution in [3.05, 3.63) is 52.9 Å². The lowest BCUT2D eigenvalue weighted by molar-refractivity contribution is 0.373. The maximum atomic E-state index is 11.8. The normalized spacial score (nSPS) is 16.6. The van der Waals surface area contributed by atoms with Gasteiger partial charge in [-0.25, -0.2) is 4.68 Å². The fourth-order valence-electron chi connectivity index (χ4n) is 3.89. The SMILES string of the molecule is Cn1ncc(-c2ccc(-c3ccc(N4CC[C@H](NC(C)(C)C)C4)nn3)c(O)c2)cc1=O. The van der Waals surface area contributed by atoms with E-state index in [2.05, 4.69) is 46.3 Å². The van der Waals surface area contributed by atoms with Crippen LogP contribution in [0.25, 0.3) is 22.4 Å². The number of aromatic hydroxyl groups is 1. The van der Waals surface area contributed by atoms with Gasteiger partial charge in [-0.15, -0.1) is 10.2 Å². The van der Waals surface area contributed by atoms with Gasteiger partial charge < -0.3 is 15.3 Å². The number of benzene rings is 1. The number of nitrogens with zero attached hydrogens (tertiary/aromatic N) is 5. The first-order valence-electron chi connectivity index (χ1n) is 10.4. The van der Waals surface area contributed by atoms with E-state index < -0.39 is 0 Å². The second kappa shape index (κ2) is 8.11. The molecule has 0 amide bonds. The van der Waals surface area contributed by atoms with Gasteiger partial charge in [-0.05, 0) is 57.0 Å². The fraction of sp³-hybridized carbons (Fsp3) is 0.391. The van der Waals surface area contributed by atoms with Crippen molar-refractivity contribution in [2.24, 2.45) is 7.05 Å². The summed E-state index contributed by atoms with van der Waals surface area (Å²) in [7, 11) is 1.60. The Morgan fingerprint density at radius 1 is 1.10 bits per heavy atom. The van der Waals surface area contributed by atoms with Crippen molar-refractivity contribution in [2.45, 2.75) is 38.8 Å². The molecule has 1 aromatic carbocycles. The van der Waals surface area contributed by atoms with Gasteiger partial charge in [0.2, 0.25) is 0 Å². The van der Waals surface area contributed by atoms with Gasteiger partial charge in [0.05, 0.1) is 11.9 Å². The predicted octanol–water partition coefficient (Wildman–Crippen LogP) is 2.58. The van der Waals surface area contributed by atoms with E-state index in [1.807, 2.05) is 18.2 Å². The zero-order chi connectivity index (χ0) is 22.2. The van der Waals surface area contributed by atoms with E-state index in [0.29, 0.717) is 28.4 Å². The van der Waals surface area contributed by atoms with Crippen LogP contribution in [0.15, 0.2) is 47.4 Å². The molecular formula is C23H28N6O2. The number of nitrogens with one attached hydrogen (secondary N) is 1. The molecule has 1 atom stereocenters. The molecule has 1 saturated heterocycles. The number of anilines is 1. The average Bonchev–Trinajstić information content (AvgIpc) is 3.17. The molecule has 3 heterocycles. The van der Waals surface area contributed by atoms with Crippen LogP contribution in [0.5, 0.6) is 5.75 Å². The Morgan fingerprint density at radius 3 is 2.55 bits per heavy atom. The van der Waals surface area contributed by atoms with Crippen molar-refractivity contribution in [3.8, 4) is 28.1 Å². The number of aromatic nitrogens is 4. The van der Waals surface area contributed by atoms with Gasteiger partial charge in [-0.1, -0.05) is 6.07 Å². The highest BCUT2D eigenvalue weighted by molar-refractivity contribution is 5.74. The zero-order valence-electron chi connectivity index (χ0n) is 18.3. The number of hydrogen-bond acceptors (Lipinski definition) is 7. The molecular weight excluding hydrogens is 392 g/mol. The third-order valence-corrected chi connectivity index (χ3v) is 5.37. The van der Waals surface area contributed by atoms with E-state index in [1.54, 1.807) is 25.4 Å². The lowest BCUT2D eigenvalue weighted by Gasteiger charge is -2.26. The molecule has 1 fully saturated rings. The van der Waals surface area contributed by atoms with E-state index in [1.165, 1.54) is 10.7 Å². The first-order valence-corrected chi connectivity index (χ1v) is 10.4. The van der Waals surface area contributed by atoms with E-state index in [4.69, 9.17) is 0 Å². The highest BCUT2D eigenvalue weighted by atomic mass is 16.3. The summed E-state index contributed by atoms with van der Waals surface area (Å²) >= 11 is 0. The Labute approximate surface area is 181 Å². The zero-order valence-corrected chi connectivity index (χ0v) is 18.3. The second-order valence-corrected chi connectivity index (χ2v) is 9.04. The molecule has 0 spiro atoms. The topological polar surface area (TPSA) is 96.2 Å². The highest BCUT2D eigenvalue weighted by Crippen LogP contribution is 2.32. The lowest BCUT2D eigenvalue weighted by atomic mass is 10.0. The summed E-state index contributed by atoms with van der Waals surface area (Å²) in [6.07, 6.45) is 2.67. The Kier molecular flexibility index (Phi) is 5.49. The van der Waals surface area contributed by atoms with E-state index >= 15 is 0 Å². The van der Waals surface area contributed by atoms with Crippen LogP contribution in [0.1, 0.15) is 27.2 Å². The average molecular weight is 421 g/mol. The molecule has 8 heteroatoms. The fourth-order valence-corrected chi connectivity index (χ4v) is 3.89. The first kappa shape index (κ1) is 21.0. The molecule has 0 unspecified atom stereocenters. The Balaban J connectivity index is 1.50. The van der Waals surface area contributed by atoms with Gasteiger partial charge in [-0.2, -0.15) is 5.10 Å². The quantitative estimate of drug-likeness (QED) is 0.670. The Hall–Kier alpha value is -3.26. The van der Waals surface area contributed by atoms with Crippen molar-refractivity contribution in [1.82, 2.24) is 25.3 Å². The molecule has 31 heavy (non-hydrogen) atoms. The Morgan fingerprint density at radius 2 is 1.90 bits per heavy atom. The number of rotatable bonds is 4. The minimum absolute atomic E-state index is 0.0795. The smallest absolute Gasteiger partial charge is 0.267 e. The number of phenols is 1. The molecule has 8 nitrogen and oxygen atoms in total.